The van der Waals surface area contributed by atoms with E-state index in [2.05, 4.69) is 5.32 Å². The van der Waals surface area contributed by atoms with Crippen LogP contribution >= 0.6 is 46.6 Å². The molecule has 0 aliphatic heterocycles. The van der Waals surface area contributed by atoms with Gasteiger partial charge in [0.2, 0.25) is 11.8 Å². The van der Waals surface area contributed by atoms with E-state index in [0.717, 1.165) is 23.1 Å². The quantitative estimate of drug-likeness (QED) is 0.243. The van der Waals surface area contributed by atoms with Gasteiger partial charge in [-0.1, -0.05) is 96.3 Å². The minimum absolute atomic E-state index is 0.0118. The molecule has 3 rings (SSSR count). The number of carbonyl (C=O) groups is 2. The summed E-state index contributed by atoms with van der Waals surface area (Å²) in [5, 5.41) is 4.59. The average molecular weight is 578 g/mol. The normalized spacial score (nSPS) is 12.6. The van der Waals surface area contributed by atoms with Gasteiger partial charge < -0.3 is 10.2 Å². The fourth-order valence-corrected chi connectivity index (χ4v) is 5.29. The first-order chi connectivity index (χ1) is 17.8. The van der Waals surface area contributed by atoms with Crippen molar-refractivity contribution in [3.8, 4) is 0 Å². The lowest BCUT2D eigenvalue weighted by Crippen LogP contribution is -2.52. The number of amides is 2. The average Bonchev–Trinajstić information content (AvgIpc) is 2.89. The zero-order chi connectivity index (χ0) is 26.8. The van der Waals surface area contributed by atoms with Crippen LogP contribution in [-0.2, 0) is 28.3 Å². The Balaban J connectivity index is 1.89. The molecular weight excluding hydrogens is 547 g/mol. The first-order valence-electron chi connectivity index (χ1n) is 12.2. The molecule has 0 saturated heterocycles. The molecule has 4 nitrogen and oxygen atoms in total. The van der Waals surface area contributed by atoms with Crippen LogP contribution in [0.2, 0.25) is 15.1 Å². The highest BCUT2D eigenvalue weighted by Gasteiger charge is 2.31. The third-order valence-corrected chi connectivity index (χ3v) is 8.12. The van der Waals surface area contributed by atoms with E-state index in [1.807, 2.05) is 74.5 Å². The van der Waals surface area contributed by atoms with Crippen molar-refractivity contribution < 1.29 is 9.59 Å². The molecule has 3 aromatic rings. The van der Waals surface area contributed by atoms with Gasteiger partial charge >= 0.3 is 0 Å². The standard InChI is InChI=1S/C29H31Cl3N2O2S/c1-3-20(2)33-29(36)27(16-21-9-5-4-6-10-21)34(17-22-13-14-25(31)26(32)15-22)28(35)19-37-18-23-11-7-8-12-24(23)30/h4-15,20,27H,3,16-19H2,1-2H3,(H,33,36)/t20-,27+/m1/s1. The SMILES string of the molecule is CC[C@@H](C)NC(=O)[C@H](Cc1ccccc1)N(Cc1ccc(Cl)c(Cl)c1)C(=O)CSCc1ccccc1Cl. The molecule has 8 heteroatoms. The Morgan fingerprint density at radius 2 is 1.59 bits per heavy atom. The molecule has 0 aliphatic carbocycles. The van der Waals surface area contributed by atoms with E-state index in [4.69, 9.17) is 34.8 Å². The first kappa shape index (κ1) is 29.4. The van der Waals surface area contributed by atoms with Crippen molar-refractivity contribution in [2.24, 2.45) is 0 Å². The predicted molar refractivity (Wildman–Crippen MR) is 156 cm³/mol. The number of halogens is 3. The summed E-state index contributed by atoms with van der Waals surface area (Å²) in [5.74, 6) is 0.481. The van der Waals surface area contributed by atoms with Gasteiger partial charge in [0.05, 0.1) is 15.8 Å². The summed E-state index contributed by atoms with van der Waals surface area (Å²) in [7, 11) is 0. The van der Waals surface area contributed by atoms with E-state index in [1.54, 1.807) is 17.0 Å². The predicted octanol–water partition coefficient (Wildman–Crippen LogP) is 7.43. The van der Waals surface area contributed by atoms with Crippen LogP contribution in [0.25, 0.3) is 0 Å². The summed E-state index contributed by atoms with van der Waals surface area (Å²) in [6.45, 7) is 4.21. The maximum absolute atomic E-state index is 13.7. The molecule has 0 saturated carbocycles. The summed E-state index contributed by atoms with van der Waals surface area (Å²) in [5.41, 5.74) is 2.74. The number of carbonyl (C=O) groups excluding carboxylic acids is 2. The summed E-state index contributed by atoms with van der Waals surface area (Å²) in [4.78, 5) is 28.9. The molecule has 37 heavy (non-hydrogen) atoms. The van der Waals surface area contributed by atoms with Gasteiger partial charge in [-0.25, -0.2) is 0 Å². The molecule has 196 valence electrons. The van der Waals surface area contributed by atoms with Gasteiger partial charge in [0, 0.05) is 29.8 Å². The minimum atomic E-state index is -0.695. The molecule has 0 heterocycles. The van der Waals surface area contributed by atoms with Gasteiger partial charge in [0.25, 0.3) is 0 Å². The Morgan fingerprint density at radius 1 is 0.892 bits per heavy atom. The molecule has 3 aromatic carbocycles. The second-order valence-corrected chi connectivity index (χ2v) is 11.1. The zero-order valence-electron chi connectivity index (χ0n) is 20.9. The van der Waals surface area contributed by atoms with E-state index in [9.17, 15) is 9.59 Å². The molecule has 0 bridgehead atoms. The second-order valence-electron chi connectivity index (χ2n) is 8.88. The molecular formula is C29H31Cl3N2O2S. The van der Waals surface area contributed by atoms with Gasteiger partial charge in [-0.15, -0.1) is 11.8 Å². The first-order valence-corrected chi connectivity index (χ1v) is 14.5. The van der Waals surface area contributed by atoms with Gasteiger partial charge in [-0.05, 0) is 48.2 Å². The summed E-state index contributed by atoms with van der Waals surface area (Å²) in [6, 6.07) is 21.9. The number of benzene rings is 3. The van der Waals surface area contributed by atoms with E-state index < -0.39 is 6.04 Å². The van der Waals surface area contributed by atoms with Gasteiger partial charge in [-0.2, -0.15) is 0 Å². The molecule has 2 atom stereocenters. The highest BCUT2D eigenvalue weighted by Crippen LogP contribution is 2.26. The minimum Gasteiger partial charge on any atom is -0.352 e. The van der Waals surface area contributed by atoms with Crippen molar-refractivity contribution in [3.05, 3.63) is 105 Å². The third-order valence-electron chi connectivity index (χ3n) is 6.05. The lowest BCUT2D eigenvalue weighted by Gasteiger charge is -2.32. The summed E-state index contributed by atoms with van der Waals surface area (Å²) >= 11 is 20.2. The smallest absolute Gasteiger partial charge is 0.243 e. The maximum Gasteiger partial charge on any atom is 0.243 e. The summed E-state index contributed by atoms with van der Waals surface area (Å²) < 4.78 is 0. The highest BCUT2D eigenvalue weighted by molar-refractivity contribution is 7.99. The highest BCUT2D eigenvalue weighted by atomic mass is 35.5. The molecule has 1 N–H and O–H groups in total. The Hall–Kier alpha value is -2.18. The van der Waals surface area contributed by atoms with Crippen molar-refractivity contribution in [1.29, 1.82) is 0 Å². The molecule has 0 aromatic heterocycles. The number of rotatable bonds is 12. The van der Waals surface area contributed by atoms with Gasteiger partial charge in [0.15, 0.2) is 0 Å². The van der Waals surface area contributed by atoms with Crippen LogP contribution in [0.5, 0.6) is 0 Å². The Labute approximate surface area is 238 Å². The van der Waals surface area contributed by atoms with Crippen LogP contribution in [0.1, 0.15) is 37.0 Å². The van der Waals surface area contributed by atoms with E-state index in [-0.39, 0.29) is 30.2 Å². The largest absolute Gasteiger partial charge is 0.352 e. The van der Waals surface area contributed by atoms with Crippen LogP contribution in [0.4, 0.5) is 0 Å². The van der Waals surface area contributed by atoms with Crippen LogP contribution in [0.3, 0.4) is 0 Å². The molecule has 0 spiro atoms. The van der Waals surface area contributed by atoms with E-state index >= 15 is 0 Å². The Kier molecular flexibility index (Phi) is 11.7. The Bertz CT molecular complexity index is 1190. The number of thioether (sulfide) groups is 1. The van der Waals surface area contributed by atoms with Crippen molar-refractivity contribution in [2.75, 3.05) is 5.75 Å². The fraction of sp³-hybridized carbons (Fsp3) is 0.310. The van der Waals surface area contributed by atoms with Gasteiger partial charge in [0.1, 0.15) is 6.04 Å². The molecule has 0 aliphatic rings. The number of nitrogens with zero attached hydrogens (tertiary/aromatic N) is 1. The molecule has 0 radical (unpaired) electrons. The Morgan fingerprint density at radius 3 is 2.27 bits per heavy atom. The van der Waals surface area contributed by atoms with E-state index in [1.165, 1.54) is 11.8 Å². The van der Waals surface area contributed by atoms with Crippen LogP contribution < -0.4 is 5.32 Å². The van der Waals surface area contributed by atoms with Crippen molar-refractivity contribution in [2.45, 2.75) is 51.1 Å². The van der Waals surface area contributed by atoms with Crippen molar-refractivity contribution in [1.82, 2.24) is 10.2 Å². The summed E-state index contributed by atoms with van der Waals surface area (Å²) in [6.07, 6.45) is 1.18. The van der Waals surface area contributed by atoms with Crippen LogP contribution in [-0.4, -0.2) is 34.6 Å². The van der Waals surface area contributed by atoms with Crippen molar-refractivity contribution >= 4 is 58.4 Å². The molecule has 0 fully saturated rings. The number of nitrogens with one attached hydrogen (secondary N) is 1. The fourth-order valence-electron chi connectivity index (χ4n) is 3.78. The van der Waals surface area contributed by atoms with E-state index in [0.29, 0.717) is 27.2 Å². The molecule has 2 amide bonds. The van der Waals surface area contributed by atoms with Crippen LogP contribution in [0, 0.1) is 0 Å². The number of hydrogen-bond acceptors (Lipinski definition) is 3. The maximum atomic E-state index is 13.7. The monoisotopic (exact) mass is 576 g/mol. The number of hydrogen-bond donors (Lipinski definition) is 1. The van der Waals surface area contributed by atoms with Crippen LogP contribution in [0.15, 0.2) is 72.8 Å². The van der Waals surface area contributed by atoms with Crippen molar-refractivity contribution in [3.63, 3.8) is 0 Å². The zero-order valence-corrected chi connectivity index (χ0v) is 24.0. The lowest BCUT2D eigenvalue weighted by atomic mass is 10.0. The second kappa shape index (κ2) is 14.7. The topological polar surface area (TPSA) is 49.4 Å². The lowest BCUT2D eigenvalue weighted by molar-refractivity contribution is -0.139. The van der Waals surface area contributed by atoms with Gasteiger partial charge in [-0.3, -0.25) is 9.59 Å². The third kappa shape index (κ3) is 8.96. The molecule has 0 unspecified atom stereocenters.